The smallest absolute Gasteiger partial charge is 0.0625 e. The molecule has 1 fully saturated rings. The second kappa shape index (κ2) is 13.7. The number of nitriles is 4. The van der Waals surface area contributed by atoms with Crippen LogP contribution >= 0.6 is 0 Å². The molecule has 2 unspecified atom stereocenters. The van der Waals surface area contributed by atoms with E-state index < -0.39 is 0 Å². The SMILES string of the molecule is N#CCCC1=C(N2CCN(C3=C(CCC#N)CCCC3CCC#N)CC2)C(CCC#N)CCC1. The van der Waals surface area contributed by atoms with Crippen molar-refractivity contribution in [2.45, 2.75) is 89.9 Å². The molecule has 34 heavy (non-hydrogen) atoms. The van der Waals surface area contributed by atoms with Crippen molar-refractivity contribution in [2.24, 2.45) is 11.8 Å². The standard InChI is InChI=1S/C28H38N6/c29-15-3-11-23-7-1-8-24(12-4-16-30)27(23)33-19-21-34(22-20-33)28-25(13-5-17-31)9-2-10-26(28)14-6-18-32/h23,25H,1-14,19-22H2. The van der Waals surface area contributed by atoms with Gasteiger partial charge in [-0.1, -0.05) is 0 Å². The predicted octanol–water partition coefficient (Wildman–Crippen LogP) is 5.93. The molecule has 0 aromatic carbocycles. The molecule has 3 rings (SSSR count). The van der Waals surface area contributed by atoms with Crippen LogP contribution in [0.25, 0.3) is 0 Å². The Kier molecular flexibility index (Phi) is 10.3. The van der Waals surface area contributed by atoms with Gasteiger partial charge >= 0.3 is 0 Å². The van der Waals surface area contributed by atoms with E-state index in [2.05, 4.69) is 34.1 Å². The Morgan fingerprint density at radius 1 is 0.588 bits per heavy atom. The Morgan fingerprint density at radius 2 is 0.971 bits per heavy atom. The normalized spacial score (nSPS) is 23.2. The molecule has 0 aromatic rings. The van der Waals surface area contributed by atoms with Crippen molar-refractivity contribution in [2.75, 3.05) is 26.2 Å². The van der Waals surface area contributed by atoms with Crippen LogP contribution in [0.5, 0.6) is 0 Å². The van der Waals surface area contributed by atoms with Gasteiger partial charge in [0.05, 0.1) is 24.3 Å². The van der Waals surface area contributed by atoms with Gasteiger partial charge in [0.1, 0.15) is 0 Å². The number of rotatable bonds is 10. The summed E-state index contributed by atoms with van der Waals surface area (Å²) < 4.78 is 0. The molecule has 2 aliphatic carbocycles. The maximum absolute atomic E-state index is 9.18. The zero-order valence-electron chi connectivity index (χ0n) is 20.6. The number of piperazine rings is 1. The van der Waals surface area contributed by atoms with E-state index in [1.807, 2.05) is 0 Å². The maximum atomic E-state index is 9.18. The minimum Gasteiger partial charge on any atom is -0.371 e. The summed E-state index contributed by atoms with van der Waals surface area (Å²) in [6.45, 7) is 3.87. The van der Waals surface area contributed by atoms with Gasteiger partial charge in [-0.3, -0.25) is 0 Å². The van der Waals surface area contributed by atoms with E-state index in [0.29, 0.717) is 37.5 Å². The Morgan fingerprint density at radius 3 is 1.32 bits per heavy atom. The van der Waals surface area contributed by atoms with Crippen molar-refractivity contribution in [3.05, 3.63) is 22.5 Å². The second-order valence-electron chi connectivity index (χ2n) is 9.84. The van der Waals surface area contributed by atoms with E-state index >= 15 is 0 Å². The van der Waals surface area contributed by atoms with Crippen molar-refractivity contribution < 1.29 is 0 Å². The molecule has 0 N–H and O–H groups in total. The van der Waals surface area contributed by atoms with Crippen LogP contribution in [0.15, 0.2) is 22.5 Å². The molecule has 1 heterocycles. The van der Waals surface area contributed by atoms with Crippen LogP contribution in [-0.2, 0) is 0 Å². The van der Waals surface area contributed by atoms with E-state index in [0.717, 1.165) is 90.4 Å². The molecule has 0 radical (unpaired) electrons. The van der Waals surface area contributed by atoms with Crippen LogP contribution in [0.1, 0.15) is 89.9 Å². The molecule has 0 saturated carbocycles. The number of nitrogens with zero attached hydrogens (tertiary/aromatic N) is 6. The third-order valence-electron chi connectivity index (χ3n) is 7.81. The molecule has 6 nitrogen and oxygen atoms in total. The zero-order chi connectivity index (χ0) is 24.2. The summed E-state index contributed by atoms with van der Waals surface area (Å²) in [5.74, 6) is 0.884. The van der Waals surface area contributed by atoms with Gasteiger partial charge in [0.15, 0.2) is 0 Å². The van der Waals surface area contributed by atoms with Crippen LogP contribution in [0.2, 0.25) is 0 Å². The van der Waals surface area contributed by atoms with Gasteiger partial charge in [-0.2, -0.15) is 21.0 Å². The van der Waals surface area contributed by atoms with Crippen LogP contribution < -0.4 is 0 Å². The quantitative estimate of drug-likeness (QED) is 0.402. The summed E-state index contributed by atoms with van der Waals surface area (Å²) in [6.07, 6.45) is 12.7. The van der Waals surface area contributed by atoms with Crippen molar-refractivity contribution in [3.8, 4) is 24.3 Å². The topological polar surface area (TPSA) is 102 Å². The van der Waals surface area contributed by atoms with Gasteiger partial charge in [0.25, 0.3) is 0 Å². The van der Waals surface area contributed by atoms with Crippen molar-refractivity contribution in [3.63, 3.8) is 0 Å². The summed E-state index contributed by atoms with van der Waals surface area (Å²) in [5, 5.41) is 36.7. The summed E-state index contributed by atoms with van der Waals surface area (Å²) in [6, 6.07) is 9.32. The molecule has 1 aliphatic heterocycles. The van der Waals surface area contributed by atoms with Crippen LogP contribution in [0, 0.1) is 57.2 Å². The van der Waals surface area contributed by atoms with Gasteiger partial charge in [-0.15, -0.1) is 0 Å². The third kappa shape index (κ3) is 6.55. The number of hydrogen-bond donors (Lipinski definition) is 0. The van der Waals surface area contributed by atoms with Gasteiger partial charge in [-0.25, -0.2) is 0 Å². The lowest BCUT2D eigenvalue weighted by atomic mass is 9.81. The first-order chi connectivity index (χ1) is 16.7. The highest BCUT2D eigenvalue weighted by Gasteiger charge is 2.32. The highest BCUT2D eigenvalue weighted by molar-refractivity contribution is 5.24. The molecule has 0 aromatic heterocycles. The molecule has 6 heteroatoms. The minimum atomic E-state index is 0.442. The first-order valence-corrected chi connectivity index (χ1v) is 13.1. The van der Waals surface area contributed by atoms with Crippen molar-refractivity contribution >= 4 is 0 Å². The lowest BCUT2D eigenvalue weighted by Gasteiger charge is -2.46. The number of hydrogen-bond acceptors (Lipinski definition) is 6. The fraction of sp³-hybridized carbons (Fsp3) is 0.714. The fourth-order valence-electron chi connectivity index (χ4n) is 6.34. The van der Waals surface area contributed by atoms with Crippen LogP contribution in [0.4, 0.5) is 0 Å². The van der Waals surface area contributed by atoms with Crippen LogP contribution in [0.3, 0.4) is 0 Å². The van der Waals surface area contributed by atoms with E-state index in [1.165, 1.54) is 22.5 Å². The van der Waals surface area contributed by atoms with E-state index in [9.17, 15) is 21.0 Å². The molecule has 0 bridgehead atoms. The van der Waals surface area contributed by atoms with Gasteiger partial charge in [0.2, 0.25) is 0 Å². The lowest BCUT2D eigenvalue weighted by molar-refractivity contribution is 0.149. The van der Waals surface area contributed by atoms with E-state index in [-0.39, 0.29) is 0 Å². The lowest BCUT2D eigenvalue weighted by Crippen LogP contribution is -2.48. The van der Waals surface area contributed by atoms with E-state index in [1.54, 1.807) is 0 Å². The monoisotopic (exact) mass is 458 g/mol. The molecular weight excluding hydrogens is 420 g/mol. The molecule has 0 spiro atoms. The van der Waals surface area contributed by atoms with Gasteiger partial charge in [-0.05, 0) is 87.2 Å². The summed E-state index contributed by atoms with van der Waals surface area (Å²) in [5.41, 5.74) is 5.78. The summed E-state index contributed by atoms with van der Waals surface area (Å²) >= 11 is 0. The Hall–Kier alpha value is -2.96. The molecule has 1 saturated heterocycles. The van der Waals surface area contributed by atoms with Crippen molar-refractivity contribution in [1.29, 1.82) is 21.0 Å². The highest BCUT2D eigenvalue weighted by atomic mass is 15.3. The average molecular weight is 459 g/mol. The Labute approximate surface area is 205 Å². The zero-order valence-corrected chi connectivity index (χ0v) is 20.6. The minimum absolute atomic E-state index is 0.442. The molecular formula is C28H38N6. The summed E-state index contributed by atoms with van der Waals surface area (Å²) in [7, 11) is 0. The van der Waals surface area contributed by atoms with Crippen LogP contribution in [-0.4, -0.2) is 36.0 Å². The Balaban J connectivity index is 1.79. The molecule has 180 valence electrons. The fourth-order valence-corrected chi connectivity index (χ4v) is 6.34. The van der Waals surface area contributed by atoms with E-state index in [4.69, 9.17) is 0 Å². The number of allylic oxidation sites excluding steroid dienone is 4. The second-order valence-corrected chi connectivity index (χ2v) is 9.84. The Bertz CT molecular complexity index is 835. The maximum Gasteiger partial charge on any atom is 0.0625 e. The molecule has 0 amide bonds. The van der Waals surface area contributed by atoms with Gasteiger partial charge < -0.3 is 9.80 Å². The summed E-state index contributed by atoms with van der Waals surface area (Å²) in [4.78, 5) is 5.13. The first-order valence-electron chi connectivity index (χ1n) is 13.1. The predicted molar refractivity (Wildman–Crippen MR) is 131 cm³/mol. The van der Waals surface area contributed by atoms with Crippen molar-refractivity contribution in [1.82, 2.24) is 9.80 Å². The third-order valence-corrected chi connectivity index (χ3v) is 7.81. The van der Waals surface area contributed by atoms with Gasteiger partial charge in [0, 0.05) is 63.3 Å². The first kappa shape index (κ1) is 25.7. The largest absolute Gasteiger partial charge is 0.371 e. The average Bonchev–Trinajstić information content (AvgIpc) is 2.88. The molecule has 3 aliphatic rings. The molecule has 2 atom stereocenters. The highest BCUT2D eigenvalue weighted by Crippen LogP contribution is 2.40.